The number of pyridine rings is 1. The van der Waals surface area contributed by atoms with E-state index in [1.807, 2.05) is 0 Å². The van der Waals surface area contributed by atoms with Gasteiger partial charge in [0.25, 0.3) is 0 Å². The number of nitrogens with one attached hydrogen (secondary N) is 2. The van der Waals surface area contributed by atoms with Gasteiger partial charge >= 0.3 is 0 Å². The normalized spacial score (nSPS) is 22.1. The molecule has 6 nitrogen and oxygen atoms in total. The summed E-state index contributed by atoms with van der Waals surface area (Å²) in [6, 6.07) is 4.58. The lowest BCUT2D eigenvalue weighted by atomic mass is 10.1. The average Bonchev–Trinajstić information content (AvgIpc) is 2.34. The zero-order valence-electron chi connectivity index (χ0n) is 9.09. The molecule has 2 unspecified atom stereocenters. The topological polar surface area (TPSA) is 91.3 Å². The molecule has 3 N–H and O–H groups in total. The van der Waals surface area contributed by atoms with Crippen LogP contribution < -0.4 is 10.6 Å². The third-order valence-electron chi connectivity index (χ3n) is 2.57. The molecule has 1 aliphatic heterocycles. The van der Waals surface area contributed by atoms with E-state index in [0.717, 1.165) is 0 Å². The zero-order valence-corrected chi connectivity index (χ0v) is 9.09. The molecule has 2 amide bonds. The van der Waals surface area contributed by atoms with E-state index >= 15 is 0 Å². The first-order valence-corrected chi connectivity index (χ1v) is 5.35. The van der Waals surface area contributed by atoms with Crippen LogP contribution in [0.15, 0.2) is 24.4 Å². The maximum atomic E-state index is 11.4. The molecule has 1 aromatic rings. The van der Waals surface area contributed by atoms with Gasteiger partial charge in [0.15, 0.2) is 0 Å². The third kappa shape index (κ3) is 2.86. The van der Waals surface area contributed by atoms with Gasteiger partial charge in [-0.1, -0.05) is 6.07 Å². The fourth-order valence-corrected chi connectivity index (χ4v) is 1.67. The van der Waals surface area contributed by atoms with Gasteiger partial charge in [0, 0.05) is 12.6 Å². The Kier molecular flexibility index (Phi) is 3.46. The minimum absolute atomic E-state index is 0.276. The molecule has 1 aliphatic rings. The number of carbonyl (C=O) groups is 2. The Morgan fingerprint density at radius 1 is 1.47 bits per heavy atom. The number of piperidine rings is 1. The van der Waals surface area contributed by atoms with Crippen molar-refractivity contribution in [3.63, 3.8) is 0 Å². The summed E-state index contributed by atoms with van der Waals surface area (Å²) in [5.41, 5.74) is 0.442. The maximum Gasteiger partial charge on any atom is 0.243 e. The molecule has 0 aliphatic carbocycles. The Labute approximate surface area is 98.1 Å². The second-order valence-electron chi connectivity index (χ2n) is 3.83. The summed E-state index contributed by atoms with van der Waals surface area (Å²) in [4.78, 5) is 26.4. The quantitative estimate of drug-likeness (QED) is 0.484. The van der Waals surface area contributed by atoms with Crippen LogP contribution in [0.3, 0.4) is 0 Å². The van der Waals surface area contributed by atoms with Gasteiger partial charge in [0.05, 0.1) is 11.7 Å². The van der Waals surface area contributed by atoms with E-state index < -0.39 is 18.2 Å². The van der Waals surface area contributed by atoms with E-state index in [4.69, 9.17) is 0 Å². The lowest BCUT2D eigenvalue weighted by Crippen LogP contribution is -2.51. The Hall–Kier alpha value is -1.79. The average molecular weight is 235 g/mol. The Morgan fingerprint density at radius 2 is 2.29 bits per heavy atom. The van der Waals surface area contributed by atoms with Crippen molar-refractivity contribution in [1.29, 1.82) is 0 Å². The number of nitrogens with zero attached hydrogens (tertiary/aromatic N) is 1. The molecule has 1 saturated heterocycles. The van der Waals surface area contributed by atoms with E-state index in [0.29, 0.717) is 12.1 Å². The molecular weight excluding hydrogens is 222 g/mol. The molecule has 1 aromatic heterocycles. The van der Waals surface area contributed by atoms with Gasteiger partial charge in [-0.2, -0.15) is 0 Å². The maximum absolute atomic E-state index is 11.4. The predicted octanol–water partition coefficient (Wildman–Crippen LogP) is -0.533. The summed E-state index contributed by atoms with van der Waals surface area (Å²) in [5, 5.41) is 14.8. The third-order valence-corrected chi connectivity index (χ3v) is 2.57. The number of aliphatic hydroxyl groups excluding tert-OH is 1. The van der Waals surface area contributed by atoms with Gasteiger partial charge in [0.2, 0.25) is 11.8 Å². The van der Waals surface area contributed by atoms with Gasteiger partial charge in [-0.25, -0.2) is 0 Å². The highest BCUT2D eigenvalue weighted by Gasteiger charge is 2.28. The van der Waals surface area contributed by atoms with Crippen molar-refractivity contribution in [2.75, 3.05) is 0 Å². The van der Waals surface area contributed by atoms with Crippen molar-refractivity contribution >= 4 is 11.8 Å². The molecule has 0 spiro atoms. The molecule has 1 fully saturated rings. The molecule has 2 heterocycles. The van der Waals surface area contributed by atoms with Crippen molar-refractivity contribution in [1.82, 2.24) is 15.6 Å². The van der Waals surface area contributed by atoms with Crippen LogP contribution >= 0.6 is 0 Å². The van der Waals surface area contributed by atoms with Crippen molar-refractivity contribution in [3.8, 4) is 0 Å². The fourth-order valence-electron chi connectivity index (χ4n) is 1.67. The predicted molar refractivity (Wildman–Crippen MR) is 58.5 cm³/mol. The second-order valence-corrected chi connectivity index (χ2v) is 3.83. The van der Waals surface area contributed by atoms with Crippen LogP contribution in [0, 0.1) is 0 Å². The number of imide groups is 1. The van der Waals surface area contributed by atoms with Gasteiger partial charge in [0.1, 0.15) is 6.23 Å². The molecule has 0 radical (unpaired) electrons. The van der Waals surface area contributed by atoms with E-state index in [9.17, 15) is 14.7 Å². The van der Waals surface area contributed by atoms with Crippen LogP contribution in [-0.4, -0.2) is 27.9 Å². The highest BCUT2D eigenvalue weighted by molar-refractivity contribution is 6.00. The van der Waals surface area contributed by atoms with Crippen LogP contribution in [0.5, 0.6) is 0 Å². The second kappa shape index (κ2) is 5.03. The molecule has 6 heteroatoms. The van der Waals surface area contributed by atoms with Crippen molar-refractivity contribution in [2.24, 2.45) is 0 Å². The SMILES string of the molecule is O=C1CCC(NC(O)c2ccccn2)C(=O)N1. The Bertz CT molecular complexity index is 421. The number of carbonyl (C=O) groups excluding carboxylic acids is 2. The summed E-state index contributed by atoms with van der Waals surface area (Å²) >= 11 is 0. The van der Waals surface area contributed by atoms with Crippen molar-refractivity contribution in [3.05, 3.63) is 30.1 Å². The first-order chi connectivity index (χ1) is 8.16. The molecule has 0 bridgehead atoms. The van der Waals surface area contributed by atoms with Crippen LogP contribution in [0.2, 0.25) is 0 Å². The summed E-state index contributed by atoms with van der Waals surface area (Å²) in [6.45, 7) is 0. The molecule has 90 valence electrons. The largest absolute Gasteiger partial charge is 0.373 e. The Morgan fingerprint density at radius 3 is 2.94 bits per heavy atom. The Balaban J connectivity index is 1.97. The van der Waals surface area contributed by atoms with Crippen LogP contribution in [-0.2, 0) is 9.59 Å². The summed E-state index contributed by atoms with van der Waals surface area (Å²) in [7, 11) is 0. The summed E-state index contributed by atoms with van der Waals surface area (Å²) < 4.78 is 0. The minimum Gasteiger partial charge on any atom is -0.373 e. The van der Waals surface area contributed by atoms with Gasteiger partial charge in [-0.05, 0) is 18.6 Å². The lowest BCUT2D eigenvalue weighted by molar-refractivity contribution is -0.135. The first kappa shape index (κ1) is 11.7. The smallest absolute Gasteiger partial charge is 0.243 e. The monoisotopic (exact) mass is 235 g/mol. The summed E-state index contributed by atoms with van der Waals surface area (Å²) in [6.07, 6.45) is 1.21. The van der Waals surface area contributed by atoms with Crippen LogP contribution in [0.25, 0.3) is 0 Å². The molecule has 0 saturated carbocycles. The number of aromatic nitrogens is 1. The number of amides is 2. The van der Waals surface area contributed by atoms with E-state index in [-0.39, 0.29) is 12.3 Å². The fraction of sp³-hybridized carbons (Fsp3) is 0.364. The van der Waals surface area contributed by atoms with Gasteiger partial charge in [-0.3, -0.25) is 25.2 Å². The zero-order chi connectivity index (χ0) is 12.3. The van der Waals surface area contributed by atoms with Gasteiger partial charge < -0.3 is 5.11 Å². The van der Waals surface area contributed by atoms with Crippen molar-refractivity contribution in [2.45, 2.75) is 25.1 Å². The molecule has 0 aromatic carbocycles. The van der Waals surface area contributed by atoms with Gasteiger partial charge in [-0.15, -0.1) is 0 Å². The lowest BCUT2D eigenvalue weighted by Gasteiger charge is -2.24. The highest BCUT2D eigenvalue weighted by Crippen LogP contribution is 2.11. The van der Waals surface area contributed by atoms with Crippen LogP contribution in [0.4, 0.5) is 0 Å². The number of hydrogen-bond donors (Lipinski definition) is 3. The van der Waals surface area contributed by atoms with E-state index in [1.165, 1.54) is 0 Å². The van der Waals surface area contributed by atoms with E-state index in [1.54, 1.807) is 24.4 Å². The first-order valence-electron chi connectivity index (χ1n) is 5.35. The standard InChI is InChI=1S/C11H13N3O3/c15-9-5-4-8(11(17)14-9)13-10(16)7-3-1-2-6-12-7/h1-3,6,8,10,13,16H,4-5H2,(H,14,15,17). The number of aliphatic hydroxyl groups is 1. The highest BCUT2D eigenvalue weighted by atomic mass is 16.3. The van der Waals surface area contributed by atoms with E-state index in [2.05, 4.69) is 15.6 Å². The molecule has 2 atom stereocenters. The van der Waals surface area contributed by atoms with Crippen LogP contribution in [0.1, 0.15) is 24.8 Å². The minimum atomic E-state index is -1.01. The van der Waals surface area contributed by atoms with Crippen molar-refractivity contribution < 1.29 is 14.7 Å². The molecule has 17 heavy (non-hydrogen) atoms. The summed E-state index contributed by atoms with van der Waals surface area (Å²) in [5.74, 6) is -0.684. The number of hydrogen-bond acceptors (Lipinski definition) is 5. The molecular formula is C11H13N3O3. The molecule has 2 rings (SSSR count). The number of rotatable bonds is 3.